The SMILES string of the molecule is CC(C)N1C(=O)CC(C(=O)O)C1c1cc(F)ccc1F. The lowest BCUT2D eigenvalue weighted by atomic mass is 9.93. The van der Waals surface area contributed by atoms with Crippen molar-refractivity contribution in [1.82, 2.24) is 4.90 Å². The molecule has 4 nitrogen and oxygen atoms in total. The van der Waals surface area contributed by atoms with E-state index in [-0.39, 0.29) is 23.9 Å². The lowest BCUT2D eigenvalue weighted by molar-refractivity contribution is -0.142. The van der Waals surface area contributed by atoms with E-state index >= 15 is 0 Å². The average Bonchev–Trinajstić information content (AvgIpc) is 2.70. The number of likely N-dealkylation sites (tertiary alicyclic amines) is 1. The van der Waals surface area contributed by atoms with Crippen LogP contribution in [0.5, 0.6) is 0 Å². The van der Waals surface area contributed by atoms with Crippen molar-refractivity contribution in [3.05, 3.63) is 35.4 Å². The highest BCUT2D eigenvalue weighted by Crippen LogP contribution is 2.40. The van der Waals surface area contributed by atoms with Gasteiger partial charge in [0.2, 0.25) is 5.91 Å². The molecule has 2 rings (SSSR count). The number of halogens is 2. The van der Waals surface area contributed by atoms with Crippen molar-refractivity contribution in [2.24, 2.45) is 5.92 Å². The number of carboxylic acids is 1. The Kier molecular flexibility index (Phi) is 3.74. The second kappa shape index (κ2) is 5.19. The van der Waals surface area contributed by atoms with Gasteiger partial charge in [-0.05, 0) is 32.0 Å². The lowest BCUT2D eigenvalue weighted by Crippen LogP contribution is -2.36. The number of nitrogens with zero attached hydrogens (tertiary/aromatic N) is 1. The molecule has 1 aromatic rings. The molecule has 0 radical (unpaired) electrons. The Morgan fingerprint density at radius 2 is 2.05 bits per heavy atom. The van der Waals surface area contributed by atoms with Crippen LogP contribution in [0.4, 0.5) is 8.78 Å². The van der Waals surface area contributed by atoms with Crippen LogP contribution in [0.2, 0.25) is 0 Å². The minimum atomic E-state index is -1.19. The normalized spacial score (nSPS) is 22.6. The number of aliphatic carboxylic acids is 1. The number of benzene rings is 1. The van der Waals surface area contributed by atoms with Gasteiger partial charge in [0.15, 0.2) is 0 Å². The summed E-state index contributed by atoms with van der Waals surface area (Å²) in [4.78, 5) is 24.6. The number of hydrogen-bond donors (Lipinski definition) is 1. The molecule has 108 valence electrons. The number of carbonyl (C=O) groups excluding carboxylic acids is 1. The minimum Gasteiger partial charge on any atom is -0.481 e. The van der Waals surface area contributed by atoms with Crippen molar-refractivity contribution in [3.63, 3.8) is 0 Å². The largest absolute Gasteiger partial charge is 0.481 e. The molecule has 1 N–H and O–H groups in total. The molecular formula is C14H15F2NO3. The molecule has 0 aliphatic carbocycles. The molecule has 0 saturated carbocycles. The van der Waals surface area contributed by atoms with Gasteiger partial charge in [0.05, 0.1) is 12.0 Å². The van der Waals surface area contributed by atoms with Crippen molar-refractivity contribution in [1.29, 1.82) is 0 Å². The summed E-state index contributed by atoms with van der Waals surface area (Å²) in [7, 11) is 0. The first-order valence-electron chi connectivity index (χ1n) is 6.32. The Morgan fingerprint density at radius 3 is 2.60 bits per heavy atom. The molecule has 2 unspecified atom stereocenters. The van der Waals surface area contributed by atoms with Gasteiger partial charge in [0.25, 0.3) is 0 Å². The van der Waals surface area contributed by atoms with Gasteiger partial charge in [-0.25, -0.2) is 8.78 Å². The van der Waals surface area contributed by atoms with Crippen molar-refractivity contribution >= 4 is 11.9 Å². The zero-order valence-electron chi connectivity index (χ0n) is 11.1. The lowest BCUT2D eigenvalue weighted by Gasteiger charge is -2.30. The van der Waals surface area contributed by atoms with Crippen LogP contribution >= 0.6 is 0 Å². The van der Waals surface area contributed by atoms with Crippen LogP contribution in [-0.2, 0) is 9.59 Å². The summed E-state index contributed by atoms with van der Waals surface area (Å²) in [5, 5.41) is 9.23. The maximum absolute atomic E-state index is 13.9. The van der Waals surface area contributed by atoms with Gasteiger partial charge in [-0.3, -0.25) is 9.59 Å². The first kappa shape index (κ1) is 14.4. The third-order valence-electron chi connectivity index (χ3n) is 3.51. The molecule has 1 saturated heterocycles. The van der Waals surface area contributed by atoms with Crippen LogP contribution in [0.15, 0.2) is 18.2 Å². The van der Waals surface area contributed by atoms with Crippen LogP contribution in [-0.4, -0.2) is 27.9 Å². The molecule has 1 aliphatic rings. The summed E-state index contributed by atoms with van der Waals surface area (Å²) in [5.74, 6) is -3.98. The zero-order valence-corrected chi connectivity index (χ0v) is 11.1. The monoisotopic (exact) mass is 283 g/mol. The molecule has 0 spiro atoms. The second-order valence-corrected chi connectivity index (χ2v) is 5.15. The summed E-state index contributed by atoms with van der Waals surface area (Å²) in [6.07, 6.45) is -0.200. The Balaban J connectivity index is 2.54. The van der Waals surface area contributed by atoms with E-state index < -0.39 is 29.6 Å². The maximum Gasteiger partial charge on any atom is 0.309 e. The second-order valence-electron chi connectivity index (χ2n) is 5.15. The maximum atomic E-state index is 13.9. The first-order valence-corrected chi connectivity index (χ1v) is 6.32. The number of carboxylic acid groups (broad SMARTS) is 1. The number of amides is 1. The highest BCUT2D eigenvalue weighted by molar-refractivity contribution is 5.87. The topological polar surface area (TPSA) is 57.6 Å². The van der Waals surface area contributed by atoms with Crippen LogP contribution in [0.3, 0.4) is 0 Å². The smallest absolute Gasteiger partial charge is 0.309 e. The number of rotatable bonds is 3. The van der Waals surface area contributed by atoms with Crippen LogP contribution in [0.25, 0.3) is 0 Å². The molecule has 1 aliphatic heterocycles. The molecular weight excluding hydrogens is 268 g/mol. The van der Waals surface area contributed by atoms with Gasteiger partial charge in [0, 0.05) is 18.0 Å². The summed E-state index contributed by atoms with van der Waals surface area (Å²) in [5.41, 5.74) is -0.0862. The van der Waals surface area contributed by atoms with Crippen LogP contribution < -0.4 is 0 Å². The summed E-state index contributed by atoms with van der Waals surface area (Å²) >= 11 is 0. The van der Waals surface area contributed by atoms with Gasteiger partial charge in [-0.2, -0.15) is 0 Å². The van der Waals surface area contributed by atoms with E-state index in [1.54, 1.807) is 13.8 Å². The van der Waals surface area contributed by atoms with Crippen molar-refractivity contribution in [2.45, 2.75) is 32.4 Å². The first-order chi connectivity index (χ1) is 9.32. The van der Waals surface area contributed by atoms with Gasteiger partial charge < -0.3 is 10.0 Å². The van der Waals surface area contributed by atoms with Crippen molar-refractivity contribution in [2.75, 3.05) is 0 Å². The molecule has 1 aromatic carbocycles. The van der Waals surface area contributed by atoms with E-state index in [0.29, 0.717) is 0 Å². The predicted molar refractivity (Wildman–Crippen MR) is 66.8 cm³/mol. The fraction of sp³-hybridized carbons (Fsp3) is 0.429. The highest BCUT2D eigenvalue weighted by Gasteiger charge is 2.46. The summed E-state index contributed by atoms with van der Waals surface area (Å²) in [6, 6.07) is 1.61. The standard InChI is InChI=1S/C14H15F2NO3/c1-7(2)17-12(18)6-10(14(19)20)13(17)9-5-8(15)3-4-11(9)16/h3-5,7,10,13H,6H2,1-2H3,(H,19,20). The number of carbonyl (C=O) groups is 2. The van der Waals surface area contributed by atoms with Gasteiger partial charge >= 0.3 is 5.97 Å². The van der Waals surface area contributed by atoms with Gasteiger partial charge in [-0.15, -0.1) is 0 Å². The predicted octanol–water partition coefficient (Wildman–Crippen LogP) is 2.35. The van der Waals surface area contributed by atoms with E-state index in [9.17, 15) is 23.5 Å². The fourth-order valence-corrected chi connectivity index (χ4v) is 2.69. The van der Waals surface area contributed by atoms with E-state index in [1.165, 1.54) is 4.90 Å². The molecule has 0 aromatic heterocycles. The molecule has 1 amide bonds. The number of hydrogen-bond acceptors (Lipinski definition) is 2. The van der Waals surface area contributed by atoms with E-state index in [2.05, 4.69) is 0 Å². The van der Waals surface area contributed by atoms with Gasteiger partial charge in [0.1, 0.15) is 11.6 Å². The molecule has 0 bridgehead atoms. The average molecular weight is 283 g/mol. The fourth-order valence-electron chi connectivity index (χ4n) is 2.69. The van der Waals surface area contributed by atoms with E-state index in [4.69, 9.17) is 0 Å². The Bertz CT molecular complexity index is 559. The third kappa shape index (κ3) is 2.37. The minimum absolute atomic E-state index is 0.0862. The van der Waals surface area contributed by atoms with Crippen molar-refractivity contribution < 1.29 is 23.5 Å². The molecule has 6 heteroatoms. The third-order valence-corrected chi connectivity index (χ3v) is 3.51. The summed E-state index contributed by atoms with van der Waals surface area (Å²) in [6.45, 7) is 3.43. The highest BCUT2D eigenvalue weighted by atomic mass is 19.1. The Labute approximate surface area is 115 Å². The van der Waals surface area contributed by atoms with Crippen molar-refractivity contribution in [3.8, 4) is 0 Å². The van der Waals surface area contributed by atoms with Crippen LogP contribution in [0, 0.1) is 17.6 Å². The molecule has 1 fully saturated rings. The van der Waals surface area contributed by atoms with Gasteiger partial charge in [-0.1, -0.05) is 0 Å². The molecule has 1 heterocycles. The Morgan fingerprint density at radius 1 is 1.40 bits per heavy atom. The van der Waals surface area contributed by atoms with Crippen LogP contribution in [0.1, 0.15) is 31.9 Å². The Hall–Kier alpha value is -1.98. The molecule has 20 heavy (non-hydrogen) atoms. The molecule has 2 atom stereocenters. The van der Waals surface area contributed by atoms with E-state index in [1.807, 2.05) is 0 Å². The van der Waals surface area contributed by atoms with E-state index in [0.717, 1.165) is 18.2 Å². The summed E-state index contributed by atoms with van der Waals surface area (Å²) < 4.78 is 27.3. The quantitative estimate of drug-likeness (QED) is 0.926. The zero-order chi connectivity index (χ0) is 15.0.